The van der Waals surface area contributed by atoms with E-state index in [-0.39, 0.29) is 17.9 Å². The van der Waals surface area contributed by atoms with Gasteiger partial charge in [0.2, 0.25) is 0 Å². The Labute approximate surface area is 207 Å². The van der Waals surface area contributed by atoms with Crippen LogP contribution in [0.4, 0.5) is 5.69 Å². The minimum absolute atomic E-state index is 0.113. The Bertz CT molecular complexity index is 1180. The second-order valence-electron chi connectivity index (χ2n) is 7.88. The lowest BCUT2D eigenvalue weighted by molar-refractivity contribution is 0.0936. The number of rotatable bonds is 6. The van der Waals surface area contributed by atoms with Crippen molar-refractivity contribution in [3.05, 3.63) is 75.9 Å². The number of pyridine rings is 1. The first kappa shape index (κ1) is 23.6. The van der Waals surface area contributed by atoms with Crippen LogP contribution in [0.1, 0.15) is 46.4 Å². The van der Waals surface area contributed by atoms with Crippen LogP contribution in [0.3, 0.4) is 0 Å². The van der Waals surface area contributed by atoms with Crippen molar-refractivity contribution in [2.24, 2.45) is 0 Å². The summed E-state index contributed by atoms with van der Waals surface area (Å²) in [5, 5.41) is 6.80. The minimum atomic E-state index is -0.312. The molecule has 3 aromatic rings. The molecule has 0 saturated heterocycles. The van der Waals surface area contributed by atoms with E-state index in [9.17, 15) is 9.59 Å². The number of benzene rings is 2. The normalized spacial score (nSPS) is 13.7. The van der Waals surface area contributed by atoms with Gasteiger partial charge in [-0.15, -0.1) is 11.8 Å². The van der Waals surface area contributed by atoms with Gasteiger partial charge in [-0.25, -0.2) is 0 Å². The van der Waals surface area contributed by atoms with Gasteiger partial charge in [-0.1, -0.05) is 36.0 Å². The van der Waals surface area contributed by atoms with Crippen LogP contribution >= 0.6 is 35.0 Å². The lowest BCUT2D eigenvalue weighted by atomic mass is 10.1. The first-order chi connectivity index (χ1) is 15.9. The number of nitrogens with one attached hydrogen (secondary N) is 2. The molecule has 33 heavy (non-hydrogen) atoms. The summed E-state index contributed by atoms with van der Waals surface area (Å²) in [6.07, 6.45) is 7.86. The average Bonchev–Trinajstić information content (AvgIpc) is 3.33. The van der Waals surface area contributed by atoms with Crippen LogP contribution < -0.4 is 10.6 Å². The Kier molecular flexibility index (Phi) is 7.58. The molecule has 170 valence electrons. The van der Waals surface area contributed by atoms with E-state index in [4.69, 9.17) is 23.2 Å². The molecule has 0 bridgehead atoms. The molecule has 0 radical (unpaired) electrons. The summed E-state index contributed by atoms with van der Waals surface area (Å²) in [4.78, 5) is 30.6. The third-order valence-corrected chi connectivity index (χ3v) is 7.00. The average molecular weight is 500 g/mol. The minimum Gasteiger partial charge on any atom is -0.349 e. The van der Waals surface area contributed by atoms with Crippen LogP contribution in [0.2, 0.25) is 10.0 Å². The van der Waals surface area contributed by atoms with E-state index in [0.29, 0.717) is 38.1 Å². The highest BCUT2D eigenvalue weighted by atomic mass is 35.5. The summed E-state index contributed by atoms with van der Waals surface area (Å²) in [7, 11) is 0. The van der Waals surface area contributed by atoms with Gasteiger partial charge >= 0.3 is 0 Å². The van der Waals surface area contributed by atoms with Crippen molar-refractivity contribution in [3.63, 3.8) is 0 Å². The highest BCUT2D eigenvalue weighted by molar-refractivity contribution is 7.98. The van der Waals surface area contributed by atoms with Gasteiger partial charge in [0.25, 0.3) is 11.8 Å². The number of carbonyl (C=O) groups excluding carboxylic acids is 2. The molecule has 1 saturated carbocycles. The molecule has 2 N–H and O–H groups in total. The lowest BCUT2D eigenvalue weighted by Gasteiger charge is -2.12. The van der Waals surface area contributed by atoms with Crippen molar-refractivity contribution < 1.29 is 9.59 Å². The van der Waals surface area contributed by atoms with Gasteiger partial charge in [0.1, 0.15) is 0 Å². The number of carbonyl (C=O) groups is 2. The number of hydrogen-bond donors (Lipinski definition) is 2. The maximum Gasteiger partial charge on any atom is 0.257 e. The molecule has 0 spiro atoms. The fraction of sp³-hybridized carbons (Fsp3) is 0.240. The SMILES string of the molecule is CSc1ccc(C(=O)Nc2ccc(Cl)c(-c3ccc(C(=O)NC4CCCC4)cn3)c2)c(Cl)c1. The van der Waals surface area contributed by atoms with Gasteiger partial charge in [0.15, 0.2) is 0 Å². The van der Waals surface area contributed by atoms with Gasteiger partial charge < -0.3 is 10.6 Å². The molecule has 2 aromatic carbocycles. The summed E-state index contributed by atoms with van der Waals surface area (Å²) in [5.41, 5.74) is 2.72. The molecule has 5 nitrogen and oxygen atoms in total. The number of aromatic nitrogens is 1. The van der Waals surface area contributed by atoms with Crippen LogP contribution in [0.5, 0.6) is 0 Å². The molecule has 0 atom stereocenters. The summed E-state index contributed by atoms with van der Waals surface area (Å²) in [6, 6.07) is 14.2. The second kappa shape index (κ2) is 10.6. The number of hydrogen-bond acceptors (Lipinski definition) is 4. The number of thioether (sulfide) groups is 1. The first-order valence-electron chi connectivity index (χ1n) is 10.7. The maximum atomic E-state index is 12.7. The van der Waals surface area contributed by atoms with Crippen LogP contribution in [-0.4, -0.2) is 29.1 Å². The molecular weight excluding hydrogens is 477 g/mol. The maximum absolute atomic E-state index is 12.7. The van der Waals surface area contributed by atoms with E-state index in [2.05, 4.69) is 15.6 Å². The van der Waals surface area contributed by atoms with E-state index in [0.717, 1.165) is 30.6 Å². The molecule has 1 heterocycles. The highest BCUT2D eigenvalue weighted by Gasteiger charge is 2.18. The highest BCUT2D eigenvalue weighted by Crippen LogP contribution is 2.30. The molecule has 0 unspecified atom stereocenters. The van der Waals surface area contributed by atoms with Crippen LogP contribution in [0.15, 0.2) is 59.6 Å². The Morgan fingerprint density at radius 3 is 2.42 bits per heavy atom. The lowest BCUT2D eigenvalue weighted by Crippen LogP contribution is -2.32. The van der Waals surface area contributed by atoms with Crippen molar-refractivity contribution in [1.82, 2.24) is 10.3 Å². The first-order valence-corrected chi connectivity index (χ1v) is 12.6. The molecule has 1 fully saturated rings. The largest absolute Gasteiger partial charge is 0.349 e. The summed E-state index contributed by atoms with van der Waals surface area (Å²) in [5.74, 6) is -0.426. The van der Waals surface area contributed by atoms with Crippen molar-refractivity contribution in [2.45, 2.75) is 36.6 Å². The number of anilines is 1. The van der Waals surface area contributed by atoms with Crippen LogP contribution in [-0.2, 0) is 0 Å². The monoisotopic (exact) mass is 499 g/mol. The summed E-state index contributed by atoms with van der Waals surface area (Å²) in [6.45, 7) is 0. The Hall–Kier alpha value is -2.54. The smallest absolute Gasteiger partial charge is 0.257 e. The molecule has 2 amide bonds. The zero-order valence-corrected chi connectivity index (χ0v) is 20.4. The topological polar surface area (TPSA) is 71.1 Å². The predicted molar refractivity (Wildman–Crippen MR) is 136 cm³/mol. The van der Waals surface area contributed by atoms with Crippen molar-refractivity contribution in [2.75, 3.05) is 11.6 Å². The van der Waals surface area contributed by atoms with Crippen molar-refractivity contribution >= 4 is 52.5 Å². The molecule has 1 aromatic heterocycles. The van der Waals surface area contributed by atoms with Crippen molar-refractivity contribution in [3.8, 4) is 11.3 Å². The second-order valence-corrected chi connectivity index (χ2v) is 9.58. The van der Waals surface area contributed by atoms with E-state index in [1.54, 1.807) is 60.4 Å². The van der Waals surface area contributed by atoms with Gasteiger partial charge in [-0.2, -0.15) is 0 Å². The Balaban J connectivity index is 1.50. The van der Waals surface area contributed by atoms with Gasteiger partial charge in [0.05, 0.1) is 26.9 Å². The molecule has 1 aliphatic rings. The molecule has 4 rings (SSSR count). The van der Waals surface area contributed by atoms with Gasteiger partial charge in [-0.05, 0) is 67.6 Å². The fourth-order valence-electron chi connectivity index (χ4n) is 3.83. The Morgan fingerprint density at radius 1 is 0.970 bits per heavy atom. The molecule has 1 aliphatic carbocycles. The van der Waals surface area contributed by atoms with Crippen LogP contribution in [0.25, 0.3) is 11.3 Å². The molecule has 8 heteroatoms. The van der Waals surface area contributed by atoms with E-state index in [1.165, 1.54) is 0 Å². The third-order valence-electron chi connectivity index (χ3n) is 5.64. The predicted octanol–water partition coefficient (Wildman–Crippen LogP) is 6.70. The standard InChI is InChI=1S/C25H23Cl2N3O2S/c1-33-18-8-9-19(22(27)13-18)25(32)30-17-7-10-21(26)20(12-17)23-11-6-15(14-28-23)24(31)29-16-4-2-3-5-16/h6-14,16H,2-5H2,1H3,(H,29,31)(H,30,32). The van der Waals surface area contributed by atoms with E-state index < -0.39 is 0 Å². The van der Waals surface area contributed by atoms with Crippen LogP contribution in [0, 0.1) is 0 Å². The molecule has 0 aliphatic heterocycles. The van der Waals surface area contributed by atoms with Crippen molar-refractivity contribution in [1.29, 1.82) is 0 Å². The fourth-order valence-corrected chi connectivity index (χ4v) is 4.82. The zero-order valence-electron chi connectivity index (χ0n) is 18.0. The quantitative estimate of drug-likeness (QED) is 0.370. The van der Waals surface area contributed by atoms with E-state index in [1.807, 2.05) is 12.3 Å². The number of nitrogens with zero attached hydrogens (tertiary/aromatic N) is 1. The summed E-state index contributed by atoms with van der Waals surface area (Å²) >= 11 is 14.2. The third kappa shape index (κ3) is 5.69. The van der Waals surface area contributed by atoms with Gasteiger partial charge in [0, 0.05) is 28.4 Å². The number of amides is 2. The van der Waals surface area contributed by atoms with E-state index >= 15 is 0 Å². The number of halogens is 2. The Morgan fingerprint density at radius 2 is 1.76 bits per heavy atom. The molecular formula is C25H23Cl2N3O2S. The van der Waals surface area contributed by atoms with Gasteiger partial charge in [-0.3, -0.25) is 14.6 Å². The summed E-state index contributed by atoms with van der Waals surface area (Å²) < 4.78 is 0. The zero-order chi connectivity index (χ0) is 23.4.